The molecule has 0 fully saturated rings. The minimum absolute atomic E-state index is 0.106. The quantitative estimate of drug-likeness (QED) is 0.0261. The molecule has 0 N–H and O–H groups in total. The van der Waals surface area contributed by atoms with E-state index < -0.39 is 6.10 Å². The molecule has 0 rings (SSSR count). The Morgan fingerprint density at radius 2 is 0.506 bits per heavy atom. The Morgan fingerprint density at radius 3 is 0.805 bits per heavy atom. The van der Waals surface area contributed by atoms with Crippen molar-refractivity contribution >= 4 is 17.9 Å². The molecule has 0 radical (unpaired) electrons. The van der Waals surface area contributed by atoms with E-state index in [2.05, 4.69) is 167 Å². The molecule has 6 nitrogen and oxygen atoms in total. The normalized spacial score (nSPS) is 13.1. The summed E-state index contributed by atoms with van der Waals surface area (Å²) in [6.07, 6.45) is 91.2. The van der Waals surface area contributed by atoms with Crippen LogP contribution in [0, 0.1) is 0 Å². The van der Waals surface area contributed by atoms with Crippen molar-refractivity contribution < 1.29 is 28.6 Å². The molecule has 0 bridgehead atoms. The minimum atomic E-state index is -0.813. The first kappa shape index (κ1) is 72.3. The van der Waals surface area contributed by atoms with Gasteiger partial charge in [0.05, 0.1) is 0 Å². The summed E-state index contributed by atoms with van der Waals surface area (Å²) < 4.78 is 16.9. The molecule has 0 aromatic heterocycles. The molecular weight excluding hydrogens is 949 g/mol. The van der Waals surface area contributed by atoms with Crippen LogP contribution in [0.3, 0.4) is 0 Å². The molecule has 0 amide bonds. The van der Waals surface area contributed by atoms with Crippen LogP contribution in [-0.2, 0) is 28.6 Å². The van der Waals surface area contributed by atoms with E-state index in [0.29, 0.717) is 19.3 Å². The van der Waals surface area contributed by atoms with Crippen molar-refractivity contribution in [2.45, 2.75) is 271 Å². The number of esters is 3. The van der Waals surface area contributed by atoms with E-state index in [1.54, 1.807) is 0 Å². The van der Waals surface area contributed by atoms with Crippen molar-refractivity contribution in [3.8, 4) is 0 Å². The predicted octanol–water partition coefficient (Wildman–Crippen LogP) is 21.5. The van der Waals surface area contributed by atoms with Gasteiger partial charge >= 0.3 is 17.9 Å². The van der Waals surface area contributed by atoms with E-state index in [1.807, 2.05) is 0 Å². The van der Waals surface area contributed by atoms with Crippen molar-refractivity contribution in [1.29, 1.82) is 0 Å². The van der Waals surface area contributed by atoms with Gasteiger partial charge in [0.25, 0.3) is 0 Å². The molecule has 1 unspecified atom stereocenters. The summed E-state index contributed by atoms with van der Waals surface area (Å²) in [5.74, 6) is -0.959. The smallest absolute Gasteiger partial charge is 0.306 e. The van der Waals surface area contributed by atoms with Gasteiger partial charge in [-0.15, -0.1) is 0 Å². The van der Waals surface area contributed by atoms with Crippen LogP contribution in [0.25, 0.3) is 0 Å². The molecule has 0 aromatic carbocycles. The number of ether oxygens (including phenoxy) is 3. The molecule has 0 aromatic rings. The highest BCUT2D eigenvalue weighted by atomic mass is 16.6. The molecule has 0 heterocycles. The SMILES string of the molecule is CC/C=C\C/C=C\C/C=C\C/C=C\C/C=C\CCCCCC(=O)OC(COC(=O)CCCCCCCC/C=C\C/C=C\C/C=C\CCCCC)COC(=O)CCCCCCCCCC/C=C\C/C=C\C/C=C\C/C=C\CC. The summed E-state index contributed by atoms with van der Waals surface area (Å²) in [6, 6.07) is 0. The Labute approximate surface area is 474 Å². The van der Waals surface area contributed by atoms with Crippen molar-refractivity contribution in [2.24, 2.45) is 0 Å². The maximum atomic E-state index is 12.9. The van der Waals surface area contributed by atoms with Crippen LogP contribution in [0.1, 0.15) is 265 Å². The summed E-state index contributed by atoms with van der Waals surface area (Å²) >= 11 is 0. The Hall–Kier alpha value is -4.71. The lowest BCUT2D eigenvalue weighted by atomic mass is 10.1. The molecule has 0 saturated heterocycles. The van der Waals surface area contributed by atoms with E-state index in [1.165, 1.54) is 70.6 Å². The number of allylic oxidation sites excluding steroid dienone is 24. The third-order valence-electron chi connectivity index (χ3n) is 12.8. The molecular formula is C71H114O6. The van der Waals surface area contributed by atoms with Crippen molar-refractivity contribution in [3.05, 3.63) is 146 Å². The number of carbonyl (C=O) groups excluding carboxylic acids is 3. The highest BCUT2D eigenvalue weighted by molar-refractivity contribution is 5.71. The van der Waals surface area contributed by atoms with Gasteiger partial charge in [-0.25, -0.2) is 0 Å². The van der Waals surface area contributed by atoms with Gasteiger partial charge in [-0.1, -0.05) is 250 Å². The van der Waals surface area contributed by atoms with Crippen LogP contribution in [-0.4, -0.2) is 37.2 Å². The number of unbranched alkanes of at least 4 members (excludes halogenated alkanes) is 20. The molecule has 0 aliphatic carbocycles. The van der Waals surface area contributed by atoms with Crippen LogP contribution < -0.4 is 0 Å². The fourth-order valence-corrected chi connectivity index (χ4v) is 8.17. The van der Waals surface area contributed by atoms with E-state index >= 15 is 0 Å². The molecule has 0 spiro atoms. The van der Waals surface area contributed by atoms with Crippen LogP contribution in [0.4, 0.5) is 0 Å². The van der Waals surface area contributed by atoms with Gasteiger partial charge in [-0.05, 0) is 141 Å². The van der Waals surface area contributed by atoms with Gasteiger partial charge in [0, 0.05) is 19.3 Å². The molecule has 77 heavy (non-hydrogen) atoms. The van der Waals surface area contributed by atoms with Crippen molar-refractivity contribution in [3.63, 3.8) is 0 Å². The second-order valence-electron chi connectivity index (χ2n) is 20.2. The second kappa shape index (κ2) is 63.8. The first-order valence-electron chi connectivity index (χ1n) is 31.3. The maximum Gasteiger partial charge on any atom is 0.306 e. The van der Waals surface area contributed by atoms with E-state index in [0.717, 1.165) is 148 Å². The Kier molecular flexibility index (Phi) is 59.9. The van der Waals surface area contributed by atoms with E-state index in [4.69, 9.17) is 14.2 Å². The summed E-state index contributed by atoms with van der Waals surface area (Å²) in [4.78, 5) is 38.3. The summed E-state index contributed by atoms with van der Waals surface area (Å²) in [7, 11) is 0. The Bertz CT molecular complexity index is 1700. The standard InChI is InChI=1S/C71H114O6/c1-4-7-10-13-16-19-22-25-28-31-34-35-38-40-43-46-49-52-55-58-61-64-70(73)76-67-68(77-71(74)65-62-59-56-53-50-47-44-41-37-33-30-27-24-21-18-15-12-9-6-3)66-75-69(72)63-60-57-54-51-48-45-42-39-36-32-29-26-23-20-17-14-11-8-5-2/h7,9-10,12,16-21,25-30,34-37,39,41,47,50,68H,4-6,8,11,13-15,22-24,31-33,38,40,42-46,48-49,51-67H2,1-3H3/b10-7-,12-9-,19-16-,20-17-,21-18-,28-25-,29-26-,30-27-,35-34-,39-36-,41-37-,50-47-. The number of carbonyl (C=O) groups is 3. The predicted molar refractivity (Wildman–Crippen MR) is 334 cm³/mol. The molecule has 6 heteroatoms. The summed E-state index contributed by atoms with van der Waals surface area (Å²) in [6.45, 7) is 6.34. The van der Waals surface area contributed by atoms with Crippen LogP contribution in [0.5, 0.6) is 0 Å². The number of hydrogen-bond donors (Lipinski definition) is 0. The fourth-order valence-electron chi connectivity index (χ4n) is 8.17. The first-order valence-corrected chi connectivity index (χ1v) is 31.3. The zero-order valence-corrected chi connectivity index (χ0v) is 49.7. The largest absolute Gasteiger partial charge is 0.462 e. The van der Waals surface area contributed by atoms with Crippen molar-refractivity contribution in [1.82, 2.24) is 0 Å². The van der Waals surface area contributed by atoms with Crippen LogP contribution in [0.15, 0.2) is 146 Å². The number of rotatable bonds is 55. The summed E-state index contributed by atoms with van der Waals surface area (Å²) in [5, 5.41) is 0. The number of hydrogen-bond acceptors (Lipinski definition) is 6. The first-order chi connectivity index (χ1) is 38.0. The molecule has 0 aliphatic heterocycles. The van der Waals surface area contributed by atoms with Gasteiger partial charge < -0.3 is 14.2 Å². The monoisotopic (exact) mass is 1060 g/mol. The molecule has 0 aliphatic rings. The van der Waals surface area contributed by atoms with Crippen molar-refractivity contribution in [2.75, 3.05) is 13.2 Å². The Morgan fingerprint density at radius 1 is 0.273 bits per heavy atom. The zero-order valence-electron chi connectivity index (χ0n) is 49.7. The summed E-state index contributed by atoms with van der Waals surface area (Å²) in [5.41, 5.74) is 0. The van der Waals surface area contributed by atoms with Gasteiger partial charge in [0.15, 0.2) is 6.10 Å². The third-order valence-corrected chi connectivity index (χ3v) is 12.8. The molecule has 1 atom stereocenters. The Balaban J connectivity index is 4.51. The van der Waals surface area contributed by atoms with Gasteiger partial charge in [-0.3, -0.25) is 14.4 Å². The lowest BCUT2D eigenvalue weighted by Gasteiger charge is -2.18. The molecule has 0 saturated carbocycles. The van der Waals surface area contributed by atoms with Gasteiger partial charge in [-0.2, -0.15) is 0 Å². The lowest BCUT2D eigenvalue weighted by molar-refractivity contribution is -0.167. The minimum Gasteiger partial charge on any atom is -0.462 e. The second-order valence-corrected chi connectivity index (χ2v) is 20.2. The molecule has 434 valence electrons. The third kappa shape index (κ3) is 62.0. The van der Waals surface area contributed by atoms with E-state index in [9.17, 15) is 14.4 Å². The highest BCUT2D eigenvalue weighted by Gasteiger charge is 2.19. The van der Waals surface area contributed by atoms with Gasteiger partial charge in [0.1, 0.15) is 13.2 Å². The highest BCUT2D eigenvalue weighted by Crippen LogP contribution is 2.14. The maximum absolute atomic E-state index is 12.9. The van der Waals surface area contributed by atoms with E-state index in [-0.39, 0.29) is 37.5 Å². The fraction of sp³-hybridized carbons (Fsp3) is 0.620. The van der Waals surface area contributed by atoms with Gasteiger partial charge in [0.2, 0.25) is 0 Å². The topological polar surface area (TPSA) is 78.9 Å². The zero-order chi connectivity index (χ0) is 55.7. The average Bonchev–Trinajstić information content (AvgIpc) is 3.43. The van der Waals surface area contributed by atoms with Crippen LogP contribution in [0.2, 0.25) is 0 Å². The lowest BCUT2D eigenvalue weighted by Crippen LogP contribution is -2.30. The van der Waals surface area contributed by atoms with Crippen LogP contribution >= 0.6 is 0 Å². The average molecular weight is 1060 g/mol.